The zero-order chi connectivity index (χ0) is 18.7. The first-order valence-electron chi connectivity index (χ1n) is 8.22. The fourth-order valence-electron chi connectivity index (χ4n) is 3.00. The quantitative estimate of drug-likeness (QED) is 0.512. The smallest absolute Gasteiger partial charge is 0.269 e. The van der Waals surface area contributed by atoms with Gasteiger partial charge in [0.1, 0.15) is 5.75 Å². The average Bonchev–Trinajstić information content (AvgIpc) is 2.67. The highest BCUT2D eigenvalue weighted by Crippen LogP contribution is 2.24. The Morgan fingerprint density at radius 3 is 2.31 bits per heavy atom. The number of carbonyl (C=O) groups excluding carboxylic acids is 1. The lowest BCUT2D eigenvalue weighted by molar-refractivity contribution is -0.384. The number of hydrogen-bond acceptors (Lipinski definition) is 6. The molecule has 3 rings (SSSR count). The molecule has 0 radical (unpaired) electrons. The summed E-state index contributed by atoms with van der Waals surface area (Å²) >= 11 is 0. The molecule has 0 aromatic heterocycles. The maximum atomic E-state index is 12.7. The van der Waals surface area contributed by atoms with E-state index < -0.39 is 4.92 Å². The summed E-state index contributed by atoms with van der Waals surface area (Å²) in [5, 5.41) is 10.7. The summed E-state index contributed by atoms with van der Waals surface area (Å²) in [6, 6.07) is 11.5. The first-order chi connectivity index (χ1) is 12.5. The Balaban J connectivity index is 1.63. The SMILES string of the molecule is COc1ccc(C(=O)N2CCN(c3ccc([N+](=O)[O-])cc3)CC2)cc1N. The predicted molar refractivity (Wildman–Crippen MR) is 98.6 cm³/mol. The number of nitro groups is 1. The normalized spacial score (nSPS) is 14.2. The fourth-order valence-corrected chi connectivity index (χ4v) is 3.00. The number of non-ortho nitro benzene ring substituents is 1. The van der Waals surface area contributed by atoms with Gasteiger partial charge in [0.05, 0.1) is 17.7 Å². The number of nitrogen functional groups attached to an aromatic ring is 1. The third kappa shape index (κ3) is 3.53. The lowest BCUT2D eigenvalue weighted by Crippen LogP contribution is -2.48. The molecule has 2 aromatic carbocycles. The van der Waals surface area contributed by atoms with Crippen LogP contribution in [0.4, 0.5) is 17.1 Å². The van der Waals surface area contributed by atoms with Crippen LogP contribution in [0.1, 0.15) is 10.4 Å². The third-order valence-electron chi connectivity index (χ3n) is 4.47. The lowest BCUT2D eigenvalue weighted by atomic mass is 10.1. The minimum absolute atomic E-state index is 0.0669. The van der Waals surface area contributed by atoms with Crippen LogP contribution in [0.15, 0.2) is 42.5 Å². The molecule has 2 aromatic rings. The molecular weight excluding hydrogens is 336 g/mol. The number of carbonyl (C=O) groups is 1. The number of nitrogens with two attached hydrogens (primary N) is 1. The van der Waals surface area contributed by atoms with Gasteiger partial charge in [-0.2, -0.15) is 0 Å². The second-order valence-electron chi connectivity index (χ2n) is 6.01. The summed E-state index contributed by atoms with van der Waals surface area (Å²) in [6.07, 6.45) is 0. The summed E-state index contributed by atoms with van der Waals surface area (Å²) < 4.78 is 5.11. The van der Waals surface area contributed by atoms with Crippen molar-refractivity contribution in [1.29, 1.82) is 0 Å². The molecule has 0 spiro atoms. The minimum atomic E-state index is -0.416. The van der Waals surface area contributed by atoms with Crippen molar-refractivity contribution in [2.45, 2.75) is 0 Å². The molecule has 1 aliphatic rings. The summed E-state index contributed by atoms with van der Waals surface area (Å²) in [6.45, 7) is 2.47. The molecule has 8 nitrogen and oxygen atoms in total. The zero-order valence-electron chi connectivity index (χ0n) is 14.4. The maximum Gasteiger partial charge on any atom is 0.269 e. The molecule has 1 amide bonds. The standard InChI is InChI=1S/C18H20N4O4/c1-26-17-7-2-13(12-16(17)19)18(23)21-10-8-20(9-11-21)14-3-5-15(6-4-14)22(24)25/h2-7,12H,8-11,19H2,1H3. The molecule has 2 N–H and O–H groups in total. The Labute approximate surface area is 150 Å². The van der Waals surface area contributed by atoms with Gasteiger partial charge in [0.25, 0.3) is 11.6 Å². The van der Waals surface area contributed by atoms with E-state index in [4.69, 9.17) is 10.5 Å². The highest BCUT2D eigenvalue weighted by Gasteiger charge is 2.23. The van der Waals surface area contributed by atoms with Crippen LogP contribution in [0.25, 0.3) is 0 Å². The van der Waals surface area contributed by atoms with Gasteiger partial charge in [-0.05, 0) is 30.3 Å². The summed E-state index contributed by atoms with van der Waals surface area (Å²) in [4.78, 5) is 26.9. The summed E-state index contributed by atoms with van der Waals surface area (Å²) in [5.41, 5.74) is 7.83. The largest absolute Gasteiger partial charge is 0.495 e. The molecule has 26 heavy (non-hydrogen) atoms. The highest BCUT2D eigenvalue weighted by molar-refractivity contribution is 5.95. The highest BCUT2D eigenvalue weighted by atomic mass is 16.6. The molecule has 1 fully saturated rings. The van der Waals surface area contributed by atoms with Gasteiger partial charge in [-0.15, -0.1) is 0 Å². The summed E-state index contributed by atoms with van der Waals surface area (Å²) in [7, 11) is 1.53. The van der Waals surface area contributed by atoms with Gasteiger partial charge < -0.3 is 20.3 Å². The van der Waals surface area contributed by atoms with E-state index in [2.05, 4.69) is 4.90 Å². The molecule has 8 heteroatoms. The van der Waals surface area contributed by atoms with Gasteiger partial charge in [-0.3, -0.25) is 14.9 Å². The van der Waals surface area contributed by atoms with Crippen LogP contribution < -0.4 is 15.4 Å². The van der Waals surface area contributed by atoms with E-state index in [1.807, 2.05) is 0 Å². The molecule has 0 atom stereocenters. The van der Waals surface area contributed by atoms with Crippen molar-refractivity contribution in [2.24, 2.45) is 0 Å². The molecule has 1 saturated heterocycles. The second kappa shape index (κ2) is 7.30. The number of benzene rings is 2. The number of piperazine rings is 1. The molecule has 136 valence electrons. The Bertz CT molecular complexity index is 814. The van der Waals surface area contributed by atoms with Crippen LogP contribution in [0.3, 0.4) is 0 Å². The Morgan fingerprint density at radius 1 is 1.12 bits per heavy atom. The topological polar surface area (TPSA) is 102 Å². The first kappa shape index (κ1) is 17.5. The Hall–Kier alpha value is -3.29. The number of hydrogen-bond donors (Lipinski definition) is 1. The van der Waals surface area contributed by atoms with E-state index in [1.54, 1.807) is 35.2 Å². The monoisotopic (exact) mass is 356 g/mol. The van der Waals surface area contributed by atoms with Crippen molar-refractivity contribution in [3.05, 3.63) is 58.1 Å². The first-order valence-corrected chi connectivity index (χ1v) is 8.22. The Morgan fingerprint density at radius 2 is 1.77 bits per heavy atom. The predicted octanol–water partition coefficient (Wildman–Crippen LogP) is 2.15. The lowest BCUT2D eigenvalue weighted by Gasteiger charge is -2.36. The average molecular weight is 356 g/mol. The van der Waals surface area contributed by atoms with Gasteiger partial charge in [0.2, 0.25) is 0 Å². The number of ether oxygens (including phenoxy) is 1. The van der Waals surface area contributed by atoms with Crippen molar-refractivity contribution >= 4 is 23.0 Å². The third-order valence-corrected chi connectivity index (χ3v) is 4.47. The van der Waals surface area contributed by atoms with Crippen molar-refractivity contribution in [2.75, 3.05) is 43.9 Å². The maximum absolute atomic E-state index is 12.7. The molecule has 1 heterocycles. The molecule has 0 bridgehead atoms. The Kier molecular flexibility index (Phi) is 4.92. The molecule has 0 unspecified atom stereocenters. The van der Waals surface area contributed by atoms with E-state index >= 15 is 0 Å². The number of nitrogens with zero attached hydrogens (tertiary/aromatic N) is 3. The van der Waals surface area contributed by atoms with Crippen LogP contribution in [-0.2, 0) is 0 Å². The van der Waals surface area contributed by atoms with Crippen molar-refractivity contribution in [3.8, 4) is 5.75 Å². The fraction of sp³-hybridized carbons (Fsp3) is 0.278. The van der Waals surface area contributed by atoms with Crippen LogP contribution >= 0.6 is 0 Å². The van der Waals surface area contributed by atoms with E-state index in [-0.39, 0.29) is 11.6 Å². The van der Waals surface area contributed by atoms with Crippen LogP contribution in [0, 0.1) is 10.1 Å². The molecule has 1 aliphatic heterocycles. The summed E-state index contributed by atoms with van der Waals surface area (Å²) in [5.74, 6) is 0.479. The van der Waals surface area contributed by atoms with Gasteiger partial charge in [-0.25, -0.2) is 0 Å². The molecule has 0 aliphatic carbocycles. The number of rotatable bonds is 4. The van der Waals surface area contributed by atoms with Crippen molar-refractivity contribution < 1.29 is 14.5 Å². The van der Waals surface area contributed by atoms with Gasteiger partial charge >= 0.3 is 0 Å². The second-order valence-corrected chi connectivity index (χ2v) is 6.01. The van der Waals surface area contributed by atoms with E-state index in [0.717, 1.165) is 5.69 Å². The van der Waals surface area contributed by atoms with Crippen molar-refractivity contribution in [1.82, 2.24) is 4.90 Å². The van der Waals surface area contributed by atoms with Gasteiger partial charge in [0.15, 0.2) is 0 Å². The number of nitro benzene ring substituents is 1. The van der Waals surface area contributed by atoms with Crippen LogP contribution in [0.5, 0.6) is 5.75 Å². The van der Waals surface area contributed by atoms with Gasteiger partial charge in [-0.1, -0.05) is 0 Å². The molecule has 0 saturated carbocycles. The zero-order valence-corrected chi connectivity index (χ0v) is 14.4. The van der Waals surface area contributed by atoms with E-state index in [1.165, 1.54) is 19.2 Å². The van der Waals surface area contributed by atoms with Gasteiger partial charge in [0, 0.05) is 49.6 Å². The van der Waals surface area contributed by atoms with E-state index in [9.17, 15) is 14.9 Å². The molecular formula is C18H20N4O4. The minimum Gasteiger partial charge on any atom is -0.495 e. The number of methoxy groups -OCH3 is 1. The number of amides is 1. The number of anilines is 2. The van der Waals surface area contributed by atoms with Crippen LogP contribution in [0.2, 0.25) is 0 Å². The van der Waals surface area contributed by atoms with Crippen LogP contribution in [-0.4, -0.2) is 49.0 Å². The van der Waals surface area contributed by atoms with E-state index in [0.29, 0.717) is 43.2 Å². The van der Waals surface area contributed by atoms with Crippen molar-refractivity contribution in [3.63, 3.8) is 0 Å².